The number of carbonyl (C=O) groups is 1. The number of aliphatic hydroxyl groups excluding tert-OH is 1. The third-order valence-electron chi connectivity index (χ3n) is 13.6. The van der Waals surface area contributed by atoms with Crippen molar-refractivity contribution in [1.82, 2.24) is 0 Å². The molecule has 10 heteroatoms. The molecule has 0 aromatic heterocycles. The van der Waals surface area contributed by atoms with E-state index in [4.69, 9.17) is 27.8 Å². The number of rotatable bonds is 16. The number of methoxy groups -OCH3 is 1. The van der Waals surface area contributed by atoms with E-state index in [2.05, 4.69) is 183 Å². The second-order valence-corrected chi connectivity index (χ2v) is 28.7. The Labute approximate surface area is 379 Å². The van der Waals surface area contributed by atoms with E-state index in [-0.39, 0.29) is 34.9 Å². The zero-order valence-electron chi connectivity index (χ0n) is 39.4. The smallest absolute Gasteiger partial charge is 0.302 e. The van der Waals surface area contributed by atoms with Gasteiger partial charge in [0.05, 0.1) is 36.9 Å². The molecule has 2 heterocycles. The van der Waals surface area contributed by atoms with Gasteiger partial charge in [-0.05, 0) is 50.1 Å². The largest absolute Gasteiger partial charge is 0.462 e. The fourth-order valence-corrected chi connectivity index (χ4v) is 19.5. The van der Waals surface area contributed by atoms with Crippen LogP contribution in [0.3, 0.4) is 0 Å². The fourth-order valence-electron chi connectivity index (χ4n) is 10.4. The molecule has 2 aliphatic rings. The lowest BCUT2D eigenvalue weighted by atomic mass is 9.70. The van der Waals surface area contributed by atoms with Crippen molar-refractivity contribution in [3.05, 3.63) is 133 Å². The Kier molecular flexibility index (Phi) is 15.6. The summed E-state index contributed by atoms with van der Waals surface area (Å²) < 4.78 is 41.0. The molecule has 4 aromatic rings. The molecule has 0 unspecified atom stereocenters. The highest BCUT2D eigenvalue weighted by Gasteiger charge is 2.59. The van der Waals surface area contributed by atoms with Crippen molar-refractivity contribution in [3.8, 4) is 0 Å². The Morgan fingerprint density at radius 1 is 0.714 bits per heavy atom. The van der Waals surface area contributed by atoms with E-state index < -0.39 is 40.0 Å². The summed E-state index contributed by atoms with van der Waals surface area (Å²) in [5.41, 5.74) is 0.407. The quantitative estimate of drug-likeness (QED) is 0.0681. The fraction of sp³-hybridized carbons (Fsp3) is 0.491. The molecule has 8 nitrogen and oxygen atoms in total. The van der Waals surface area contributed by atoms with E-state index >= 15 is 0 Å². The Bertz CT molecular complexity index is 2000. The molecule has 63 heavy (non-hydrogen) atoms. The monoisotopic (exact) mass is 892 g/mol. The third-order valence-corrected chi connectivity index (χ3v) is 23.6. The normalized spacial score (nSPS) is 24.0. The minimum Gasteiger partial charge on any atom is -0.462 e. The van der Waals surface area contributed by atoms with Crippen molar-refractivity contribution in [1.29, 1.82) is 0 Å². The minimum atomic E-state index is -2.81. The molecular formula is C53H72O8Si2. The number of ether oxygens (including phenoxy) is 4. The second kappa shape index (κ2) is 20.2. The maximum absolute atomic E-state index is 12.7. The van der Waals surface area contributed by atoms with E-state index in [0.717, 1.165) is 5.57 Å². The third kappa shape index (κ3) is 10.2. The molecule has 6 rings (SSSR count). The molecule has 0 bridgehead atoms. The van der Waals surface area contributed by atoms with Crippen molar-refractivity contribution < 1.29 is 37.7 Å². The van der Waals surface area contributed by atoms with Crippen molar-refractivity contribution >= 4 is 43.4 Å². The van der Waals surface area contributed by atoms with Gasteiger partial charge in [0.15, 0.2) is 5.79 Å². The molecule has 1 N–H and O–H groups in total. The van der Waals surface area contributed by atoms with Gasteiger partial charge < -0.3 is 32.9 Å². The molecule has 2 saturated heterocycles. The van der Waals surface area contributed by atoms with Gasteiger partial charge in [-0.3, -0.25) is 4.79 Å². The topological polar surface area (TPSA) is 92.7 Å². The molecule has 0 radical (unpaired) electrons. The zero-order chi connectivity index (χ0) is 45.5. The maximum atomic E-state index is 12.7. The summed E-state index contributed by atoms with van der Waals surface area (Å²) in [7, 11) is -3.90. The highest BCUT2D eigenvalue weighted by Crippen LogP contribution is 2.51. The Balaban J connectivity index is 1.26. The summed E-state index contributed by atoms with van der Waals surface area (Å²) in [6.45, 7) is 20.0. The zero-order valence-corrected chi connectivity index (χ0v) is 41.4. The van der Waals surface area contributed by atoms with Gasteiger partial charge in [-0.25, -0.2) is 0 Å². The molecule has 4 aromatic carbocycles. The predicted octanol–water partition coefficient (Wildman–Crippen LogP) is 8.48. The Morgan fingerprint density at radius 2 is 1.16 bits per heavy atom. The van der Waals surface area contributed by atoms with Gasteiger partial charge in [-0.1, -0.05) is 188 Å². The van der Waals surface area contributed by atoms with E-state index in [1.807, 2.05) is 0 Å². The van der Waals surface area contributed by atoms with Crippen LogP contribution in [0.1, 0.15) is 94.4 Å². The number of esters is 1. The van der Waals surface area contributed by atoms with Crippen LogP contribution in [0, 0.1) is 5.41 Å². The van der Waals surface area contributed by atoms with Crippen molar-refractivity contribution in [3.63, 3.8) is 0 Å². The molecular weight excluding hydrogens is 821 g/mol. The van der Waals surface area contributed by atoms with Crippen LogP contribution in [-0.2, 0) is 32.6 Å². The first kappa shape index (κ1) is 48.7. The van der Waals surface area contributed by atoms with E-state index in [9.17, 15) is 9.90 Å². The molecule has 0 spiro atoms. The second-order valence-electron chi connectivity index (χ2n) is 20.1. The molecule has 0 amide bonds. The number of hydrogen-bond acceptors (Lipinski definition) is 8. The first-order valence-electron chi connectivity index (χ1n) is 22.8. The van der Waals surface area contributed by atoms with Crippen LogP contribution in [0.2, 0.25) is 10.1 Å². The van der Waals surface area contributed by atoms with Crippen LogP contribution in [0.5, 0.6) is 0 Å². The van der Waals surface area contributed by atoms with E-state index in [0.29, 0.717) is 45.3 Å². The summed E-state index contributed by atoms with van der Waals surface area (Å²) in [5.74, 6) is -1.53. The van der Waals surface area contributed by atoms with Crippen LogP contribution in [0.4, 0.5) is 0 Å². The van der Waals surface area contributed by atoms with Crippen LogP contribution < -0.4 is 20.7 Å². The molecule has 0 aliphatic carbocycles. The lowest BCUT2D eigenvalue weighted by molar-refractivity contribution is -0.357. The number of aliphatic hydroxyl groups is 1. The number of carbonyl (C=O) groups excluding carboxylic acids is 1. The van der Waals surface area contributed by atoms with Crippen LogP contribution in [-0.4, -0.2) is 84.8 Å². The number of hydrogen-bond donors (Lipinski definition) is 1. The first-order valence-corrected chi connectivity index (χ1v) is 26.6. The summed E-state index contributed by atoms with van der Waals surface area (Å²) in [5, 5.41) is 15.1. The molecule has 2 fully saturated rings. The van der Waals surface area contributed by atoms with Gasteiger partial charge >= 0.3 is 5.97 Å². The highest BCUT2D eigenvalue weighted by atomic mass is 28.4. The van der Waals surface area contributed by atoms with Gasteiger partial charge in [-0.2, -0.15) is 0 Å². The summed E-state index contributed by atoms with van der Waals surface area (Å²) in [6.07, 6.45) is 3.27. The van der Waals surface area contributed by atoms with Gasteiger partial charge in [0.2, 0.25) is 0 Å². The SMILES string of the molecule is CO[C@@]1(C[C@@H]2C/C(=C\CO[Si](c3ccccc3)(c3ccccc3)C(C)(C)C)C[C@H](CO)O2)O[C@H](CCO[Si](c2ccccc2)(c2ccccc2)C(C)(C)C)C[C@H](OC(C)=O)C1(C)C. The average molecular weight is 893 g/mol. The van der Waals surface area contributed by atoms with Gasteiger partial charge in [-0.15, -0.1) is 0 Å². The van der Waals surface area contributed by atoms with E-state index in [1.165, 1.54) is 27.7 Å². The first-order chi connectivity index (χ1) is 29.9. The van der Waals surface area contributed by atoms with Crippen LogP contribution in [0.15, 0.2) is 133 Å². The maximum Gasteiger partial charge on any atom is 0.302 e. The number of benzene rings is 4. The van der Waals surface area contributed by atoms with E-state index in [1.54, 1.807) is 7.11 Å². The standard InChI is InChI=1S/C53H72O8Si2/c1-40(55)59-49-37-42(32-34-58-63(51(5,6)7,47-27-19-13-20-28-47)48-29-21-14-22-30-48)61-53(56-10,52(49,8)9)38-43-35-41(36-44(39-54)60-43)31-33-57-62(50(2,3)4,45-23-15-11-16-24-45)46-25-17-12-18-26-46/h11-31,42-44,49,54H,32-39H2,1-10H3/b41-31+/t42-,43+,44-,49+,53+/m1/s1. The Hall–Kier alpha value is -3.72. The molecule has 340 valence electrons. The van der Waals surface area contributed by atoms with Crippen molar-refractivity contribution in [2.75, 3.05) is 26.9 Å². The highest BCUT2D eigenvalue weighted by molar-refractivity contribution is 7.00. The molecule has 5 atom stereocenters. The van der Waals surface area contributed by atoms with Gasteiger partial charge in [0.1, 0.15) is 6.10 Å². The lowest BCUT2D eigenvalue weighted by Gasteiger charge is -2.55. The predicted molar refractivity (Wildman–Crippen MR) is 258 cm³/mol. The van der Waals surface area contributed by atoms with Gasteiger partial charge in [0.25, 0.3) is 16.6 Å². The summed E-state index contributed by atoms with van der Waals surface area (Å²) >= 11 is 0. The van der Waals surface area contributed by atoms with Crippen molar-refractivity contribution in [2.24, 2.45) is 5.41 Å². The van der Waals surface area contributed by atoms with Crippen LogP contribution in [0.25, 0.3) is 0 Å². The average Bonchev–Trinajstić information content (AvgIpc) is 3.25. The molecule has 2 aliphatic heterocycles. The van der Waals surface area contributed by atoms with Gasteiger partial charge in [0, 0.05) is 33.5 Å². The minimum absolute atomic E-state index is 0.119. The van der Waals surface area contributed by atoms with Crippen molar-refractivity contribution in [2.45, 2.75) is 135 Å². The summed E-state index contributed by atoms with van der Waals surface area (Å²) in [4.78, 5) is 12.7. The summed E-state index contributed by atoms with van der Waals surface area (Å²) in [6, 6.07) is 42.6. The van der Waals surface area contributed by atoms with Crippen LogP contribution >= 0.6 is 0 Å². The lowest BCUT2D eigenvalue weighted by Crippen LogP contribution is -2.67. The molecule has 0 saturated carbocycles. The Morgan fingerprint density at radius 3 is 1.57 bits per heavy atom.